The summed E-state index contributed by atoms with van der Waals surface area (Å²) in [6.45, 7) is 5.67. The number of benzene rings is 1. The minimum Gasteiger partial charge on any atom is -0.326 e. The van der Waals surface area contributed by atoms with Crippen LogP contribution in [0.1, 0.15) is 60.8 Å². The Labute approximate surface area is 191 Å². The van der Waals surface area contributed by atoms with Gasteiger partial charge in [-0.1, -0.05) is 43.5 Å². The molecular formula is C27H33N5. The molecular weight excluding hydrogens is 394 g/mol. The van der Waals surface area contributed by atoms with Gasteiger partial charge in [-0.3, -0.25) is 4.90 Å². The highest BCUT2D eigenvalue weighted by Gasteiger charge is 2.22. The van der Waals surface area contributed by atoms with E-state index in [0.29, 0.717) is 11.9 Å². The highest BCUT2D eigenvalue weighted by atomic mass is 15.2. The Morgan fingerprint density at radius 1 is 1.00 bits per heavy atom. The standard InChI is InChI=1S/C27H33N5/c1-3-26-28-19-23-18-25(32(27(23)29-26)24-7-5-4-6-8-24)17-21-9-11-22(12-10-21)20-31-15-13-30(2)14-16-31/h1,9-12,18-19,24H,4-8,13-17,20H2,2H3. The fourth-order valence-electron chi connectivity index (χ4n) is 5.25. The van der Waals surface area contributed by atoms with Gasteiger partial charge >= 0.3 is 0 Å². The maximum absolute atomic E-state index is 5.60. The SMILES string of the molecule is C#Cc1ncc2cc(Cc3ccc(CN4CCN(C)CC4)cc3)n(C3CCCCC3)c2n1. The van der Waals surface area contributed by atoms with Crippen LogP contribution in [0.25, 0.3) is 11.0 Å². The summed E-state index contributed by atoms with van der Waals surface area (Å²) in [5, 5.41) is 1.09. The van der Waals surface area contributed by atoms with Crippen LogP contribution in [0.15, 0.2) is 36.5 Å². The van der Waals surface area contributed by atoms with E-state index in [4.69, 9.17) is 11.4 Å². The fourth-order valence-corrected chi connectivity index (χ4v) is 5.25. The van der Waals surface area contributed by atoms with E-state index in [2.05, 4.69) is 62.7 Å². The van der Waals surface area contributed by atoms with Crippen molar-refractivity contribution in [1.82, 2.24) is 24.3 Å². The molecule has 2 fully saturated rings. The zero-order valence-corrected chi connectivity index (χ0v) is 19.1. The number of hydrogen-bond acceptors (Lipinski definition) is 4. The lowest BCUT2D eigenvalue weighted by atomic mass is 9.95. The van der Waals surface area contributed by atoms with E-state index in [0.717, 1.165) is 50.2 Å². The van der Waals surface area contributed by atoms with Gasteiger partial charge in [0.1, 0.15) is 5.65 Å². The first kappa shape index (κ1) is 21.2. The second-order valence-corrected chi connectivity index (χ2v) is 9.49. The predicted molar refractivity (Wildman–Crippen MR) is 130 cm³/mol. The molecule has 2 aliphatic rings. The van der Waals surface area contributed by atoms with Crippen molar-refractivity contribution in [2.45, 2.75) is 51.1 Å². The fraction of sp³-hybridized carbons (Fsp3) is 0.481. The molecule has 5 heteroatoms. The predicted octanol–water partition coefficient (Wildman–Crippen LogP) is 4.26. The van der Waals surface area contributed by atoms with Gasteiger partial charge in [0.2, 0.25) is 5.82 Å². The third-order valence-corrected chi connectivity index (χ3v) is 7.13. The van der Waals surface area contributed by atoms with Gasteiger partial charge in [-0.05, 0) is 43.0 Å². The monoisotopic (exact) mass is 427 g/mol. The summed E-state index contributed by atoms with van der Waals surface area (Å²) in [7, 11) is 2.21. The molecule has 166 valence electrons. The highest BCUT2D eigenvalue weighted by Crippen LogP contribution is 2.33. The minimum atomic E-state index is 0.479. The second kappa shape index (κ2) is 9.44. The summed E-state index contributed by atoms with van der Waals surface area (Å²) in [4.78, 5) is 14.0. The number of aromatic nitrogens is 3. The van der Waals surface area contributed by atoms with Crippen LogP contribution in [0.4, 0.5) is 0 Å². The van der Waals surface area contributed by atoms with Gasteiger partial charge in [0.15, 0.2) is 0 Å². The van der Waals surface area contributed by atoms with Gasteiger partial charge in [0.05, 0.1) is 0 Å². The van der Waals surface area contributed by atoms with Gasteiger partial charge in [0, 0.05) is 62.5 Å². The Morgan fingerprint density at radius 3 is 2.44 bits per heavy atom. The molecule has 32 heavy (non-hydrogen) atoms. The largest absolute Gasteiger partial charge is 0.326 e. The molecule has 2 aromatic heterocycles. The van der Waals surface area contributed by atoms with Gasteiger partial charge < -0.3 is 9.47 Å². The number of hydrogen-bond donors (Lipinski definition) is 0. The molecule has 3 heterocycles. The normalized spacial score (nSPS) is 18.8. The number of piperazine rings is 1. The van der Waals surface area contributed by atoms with Crippen LogP contribution in [-0.2, 0) is 13.0 Å². The molecule has 1 aliphatic heterocycles. The van der Waals surface area contributed by atoms with Crippen molar-refractivity contribution in [1.29, 1.82) is 0 Å². The quantitative estimate of drug-likeness (QED) is 0.571. The summed E-state index contributed by atoms with van der Waals surface area (Å²) < 4.78 is 2.47. The highest BCUT2D eigenvalue weighted by molar-refractivity contribution is 5.77. The lowest BCUT2D eigenvalue weighted by Crippen LogP contribution is -2.43. The van der Waals surface area contributed by atoms with E-state index in [1.807, 2.05) is 6.20 Å². The molecule has 0 atom stereocenters. The van der Waals surface area contributed by atoms with E-state index < -0.39 is 0 Å². The summed E-state index contributed by atoms with van der Waals surface area (Å²) in [5.41, 5.74) is 5.07. The molecule has 0 N–H and O–H groups in total. The number of likely N-dealkylation sites (N-methyl/N-ethyl adjacent to an activating group) is 1. The Balaban J connectivity index is 1.38. The number of terminal acetylenes is 1. The topological polar surface area (TPSA) is 37.2 Å². The molecule has 0 bridgehead atoms. The van der Waals surface area contributed by atoms with Crippen molar-refractivity contribution in [2.75, 3.05) is 33.2 Å². The minimum absolute atomic E-state index is 0.479. The molecule has 1 aliphatic carbocycles. The zero-order valence-electron chi connectivity index (χ0n) is 19.1. The van der Waals surface area contributed by atoms with E-state index in [1.165, 1.54) is 48.9 Å². The van der Waals surface area contributed by atoms with Gasteiger partial charge in [-0.25, -0.2) is 9.97 Å². The number of nitrogens with zero attached hydrogens (tertiary/aromatic N) is 5. The van der Waals surface area contributed by atoms with Crippen LogP contribution in [0.2, 0.25) is 0 Å². The van der Waals surface area contributed by atoms with E-state index in [9.17, 15) is 0 Å². The van der Waals surface area contributed by atoms with Gasteiger partial charge in [-0.15, -0.1) is 6.42 Å². The Morgan fingerprint density at radius 2 is 1.72 bits per heavy atom. The number of rotatable bonds is 5. The maximum atomic E-state index is 5.60. The Kier molecular flexibility index (Phi) is 6.25. The molecule has 1 saturated carbocycles. The zero-order chi connectivity index (χ0) is 21.9. The van der Waals surface area contributed by atoms with Crippen molar-refractivity contribution >= 4 is 11.0 Å². The lowest BCUT2D eigenvalue weighted by Gasteiger charge is -2.32. The molecule has 0 spiro atoms. The number of fused-ring (bicyclic) bond motifs is 1. The van der Waals surface area contributed by atoms with Crippen molar-refractivity contribution in [3.8, 4) is 12.3 Å². The first-order chi connectivity index (χ1) is 15.7. The van der Waals surface area contributed by atoms with Gasteiger partial charge in [0.25, 0.3) is 0 Å². The molecule has 5 rings (SSSR count). The van der Waals surface area contributed by atoms with Crippen LogP contribution in [0.5, 0.6) is 0 Å². The van der Waals surface area contributed by atoms with Crippen LogP contribution in [0.3, 0.4) is 0 Å². The molecule has 0 unspecified atom stereocenters. The molecule has 3 aromatic rings. The van der Waals surface area contributed by atoms with Crippen LogP contribution in [-0.4, -0.2) is 57.6 Å². The van der Waals surface area contributed by atoms with Crippen LogP contribution < -0.4 is 0 Å². The third kappa shape index (κ3) is 4.57. The maximum Gasteiger partial charge on any atom is 0.206 e. The van der Waals surface area contributed by atoms with Crippen molar-refractivity contribution < 1.29 is 0 Å². The lowest BCUT2D eigenvalue weighted by molar-refractivity contribution is 0.148. The van der Waals surface area contributed by atoms with Crippen molar-refractivity contribution in [3.05, 3.63) is 59.2 Å². The summed E-state index contributed by atoms with van der Waals surface area (Å²) >= 11 is 0. The van der Waals surface area contributed by atoms with Crippen molar-refractivity contribution in [3.63, 3.8) is 0 Å². The van der Waals surface area contributed by atoms with Gasteiger partial charge in [-0.2, -0.15) is 0 Å². The van der Waals surface area contributed by atoms with Crippen molar-refractivity contribution in [2.24, 2.45) is 0 Å². The average Bonchev–Trinajstić information content (AvgIpc) is 3.19. The average molecular weight is 428 g/mol. The van der Waals surface area contributed by atoms with E-state index >= 15 is 0 Å². The smallest absolute Gasteiger partial charge is 0.206 e. The summed E-state index contributed by atoms with van der Waals surface area (Å²) in [6, 6.07) is 12.0. The molecule has 0 radical (unpaired) electrons. The Bertz CT molecular complexity index is 1090. The summed E-state index contributed by atoms with van der Waals surface area (Å²) in [5.74, 6) is 3.09. The first-order valence-electron chi connectivity index (χ1n) is 12.0. The second-order valence-electron chi connectivity index (χ2n) is 9.49. The first-order valence-corrected chi connectivity index (χ1v) is 12.0. The third-order valence-electron chi connectivity index (χ3n) is 7.13. The van der Waals surface area contributed by atoms with E-state index in [-0.39, 0.29) is 0 Å². The molecule has 0 amide bonds. The van der Waals surface area contributed by atoms with Crippen LogP contribution >= 0.6 is 0 Å². The van der Waals surface area contributed by atoms with Crippen LogP contribution in [0, 0.1) is 12.3 Å². The molecule has 1 aromatic carbocycles. The molecule has 1 saturated heterocycles. The Hall–Kier alpha value is -2.68. The molecule has 5 nitrogen and oxygen atoms in total. The summed E-state index contributed by atoms with van der Waals surface area (Å²) in [6.07, 6.45) is 14.7. The van der Waals surface area contributed by atoms with E-state index in [1.54, 1.807) is 0 Å².